The normalized spacial score (nSPS) is 12.9. The zero-order valence-electron chi connectivity index (χ0n) is 12.3. The SMILES string of the molecule is [CH3][Sn]([CH3])([CH3])[n]1nnc(Cc2nn[n]([Sn]([CH3])([CH3])[CH3])n2)n1. The molecule has 2 aromatic rings. The molecule has 0 fully saturated rings. The Kier molecular flexibility index (Phi) is 4.19. The van der Waals surface area contributed by atoms with Gasteiger partial charge in [-0.15, -0.1) is 0 Å². The number of rotatable bonds is 4. The summed E-state index contributed by atoms with van der Waals surface area (Å²) in [7, 11) is 0. The molecule has 2 rings (SSSR count). The molecule has 19 heavy (non-hydrogen) atoms. The molecule has 0 bridgehead atoms. The Bertz CT molecular complexity index is 511. The molecule has 0 aromatic carbocycles. The van der Waals surface area contributed by atoms with E-state index in [9.17, 15) is 0 Å². The van der Waals surface area contributed by atoms with Crippen molar-refractivity contribution in [1.82, 2.24) is 36.9 Å². The molecule has 0 aliphatic heterocycles. The van der Waals surface area contributed by atoms with Crippen LogP contribution in [0.5, 0.6) is 0 Å². The van der Waals surface area contributed by atoms with Gasteiger partial charge in [-0.1, -0.05) is 0 Å². The zero-order chi connectivity index (χ0) is 14.3. The summed E-state index contributed by atoms with van der Waals surface area (Å²) in [6, 6.07) is 0. The van der Waals surface area contributed by atoms with Crippen molar-refractivity contribution in [2.24, 2.45) is 0 Å². The minimum atomic E-state index is -2.29. The maximum atomic E-state index is 4.44. The molecule has 0 saturated carbocycles. The predicted molar refractivity (Wildman–Crippen MR) is 75.9 cm³/mol. The zero-order valence-corrected chi connectivity index (χ0v) is 18.0. The van der Waals surface area contributed by atoms with Gasteiger partial charge in [0.15, 0.2) is 0 Å². The van der Waals surface area contributed by atoms with Crippen LogP contribution in [0.2, 0.25) is 29.6 Å². The van der Waals surface area contributed by atoms with Crippen LogP contribution in [0.3, 0.4) is 0 Å². The van der Waals surface area contributed by atoms with Crippen LogP contribution in [0.1, 0.15) is 11.6 Å². The quantitative estimate of drug-likeness (QED) is 0.600. The van der Waals surface area contributed by atoms with Crippen molar-refractivity contribution < 1.29 is 0 Å². The van der Waals surface area contributed by atoms with Crippen molar-refractivity contribution >= 4 is 37.3 Å². The first-order valence-corrected chi connectivity index (χ1v) is 25.9. The van der Waals surface area contributed by atoms with E-state index >= 15 is 0 Å². The van der Waals surface area contributed by atoms with Gasteiger partial charge in [0.25, 0.3) is 0 Å². The van der Waals surface area contributed by atoms with Crippen LogP contribution < -0.4 is 0 Å². The van der Waals surface area contributed by atoms with Crippen molar-refractivity contribution in [3.05, 3.63) is 11.6 Å². The molecule has 2 aromatic heterocycles. The Morgan fingerprint density at radius 3 is 1.37 bits per heavy atom. The molecule has 0 aliphatic carbocycles. The van der Waals surface area contributed by atoms with E-state index in [0.717, 1.165) is 0 Å². The van der Waals surface area contributed by atoms with Gasteiger partial charge < -0.3 is 0 Å². The van der Waals surface area contributed by atoms with Gasteiger partial charge in [-0.2, -0.15) is 0 Å². The number of aromatic nitrogens is 8. The summed E-state index contributed by atoms with van der Waals surface area (Å²) < 4.78 is 3.63. The Morgan fingerprint density at radius 2 is 1.11 bits per heavy atom. The third-order valence-corrected chi connectivity index (χ3v) is 10.4. The van der Waals surface area contributed by atoms with Crippen LogP contribution in [-0.2, 0) is 6.42 Å². The first kappa shape index (κ1) is 15.1. The van der Waals surface area contributed by atoms with E-state index in [2.05, 4.69) is 60.5 Å². The molecule has 0 unspecified atom stereocenters. The fourth-order valence-electron chi connectivity index (χ4n) is 1.34. The molecule has 0 saturated heterocycles. The average Bonchev–Trinajstić information content (AvgIpc) is 2.84. The number of tetrazole rings is 2. The molecule has 104 valence electrons. The van der Waals surface area contributed by atoms with Gasteiger partial charge in [0, 0.05) is 0 Å². The standard InChI is InChI=1S/C3H2N8.6CH3.2Sn/c1(2-4-8-9-5-2)3-6-10-11-7-3;;;;;;;;/h1H2;6*1H3;;/q-2;;;;;;;2*+1. The van der Waals surface area contributed by atoms with E-state index in [1.165, 1.54) is 0 Å². The Balaban J connectivity index is 2.14. The number of nitrogens with zero attached hydrogens (tertiary/aromatic N) is 8. The number of hydrogen-bond donors (Lipinski definition) is 0. The van der Waals surface area contributed by atoms with Crippen LogP contribution >= 0.6 is 0 Å². The Hall–Kier alpha value is -0.263. The molecule has 0 radical (unpaired) electrons. The van der Waals surface area contributed by atoms with E-state index < -0.39 is 37.3 Å². The van der Waals surface area contributed by atoms with Crippen molar-refractivity contribution in [3.8, 4) is 0 Å². The monoisotopic (exact) mass is 480 g/mol. The summed E-state index contributed by atoms with van der Waals surface area (Å²) in [6.45, 7) is 0. The van der Waals surface area contributed by atoms with Gasteiger partial charge in [0.1, 0.15) is 0 Å². The van der Waals surface area contributed by atoms with E-state index in [0.29, 0.717) is 18.1 Å². The fourth-order valence-corrected chi connectivity index (χ4v) is 5.50. The van der Waals surface area contributed by atoms with Gasteiger partial charge in [-0.25, -0.2) is 0 Å². The molecule has 0 spiro atoms. The van der Waals surface area contributed by atoms with Gasteiger partial charge in [-0.3, -0.25) is 0 Å². The third-order valence-electron chi connectivity index (χ3n) is 2.43. The molecule has 0 atom stereocenters. The summed E-state index contributed by atoms with van der Waals surface area (Å²) in [4.78, 5) is 13.4. The molecule has 10 heteroatoms. The first-order chi connectivity index (χ1) is 8.66. The van der Waals surface area contributed by atoms with E-state index in [-0.39, 0.29) is 0 Å². The van der Waals surface area contributed by atoms with Gasteiger partial charge in [-0.05, 0) is 0 Å². The van der Waals surface area contributed by atoms with Crippen molar-refractivity contribution in [2.45, 2.75) is 36.1 Å². The van der Waals surface area contributed by atoms with Gasteiger partial charge in [0.2, 0.25) is 0 Å². The summed E-state index contributed by atoms with van der Waals surface area (Å²) in [6.07, 6.45) is 0.504. The van der Waals surface area contributed by atoms with Gasteiger partial charge in [0.05, 0.1) is 0 Å². The Morgan fingerprint density at radius 1 is 0.737 bits per heavy atom. The molecule has 0 N–H and O–H groups in total. The summed E-state index contributed by atoms with van der Waals surface area (Å²) in [5.41, 5.74) is 0. The molecular weight excluding hydrogens is 458 g/mol. The van der Waals surface area contributed by atoms with Crippen molar-refractivity contribution in [1.29, 1.82) is 0 Å². The van der Waals surface area contributed by atoms with Crippen molar-refractivity contribution in [3.63, 3.8) is 0 Å². The molecular formula is C9H20N8Sn2. The molecule has 0 aliphatic rings. The summed E-state index contributed by atoms with van der Waals surface area (Å²) in [5.74, 6) is 1.35. The van der Waals surface area contributed by atoms with E-state index in [4.69, 9.17) is 0 Å². The molecule has 2 heterocycles. The summed E-state index contributed by atoms with van der Waals surface area (Å²) in [5, 5.41) is 25.3. The second-order valence-corrected chi connectivity index (χ2v) is 33.6. The maximum absolute atomic E-state index is 4.44. The number of hydrogen-bond acceptors (Lipinski definition) is 6. The van der Waals surface area contributed by atoms with Crippen LogP contribution in [0.15, 0.2) is 0 Å². The topological polar surface area (TPSA) is 87.2 Å². The third kappa shape index (κ3) is 3.86. The van der Waals surface area contributed by atoms with Crippen LogP contribution in [0.4, 0.5) is 0 Å². The predicted octanol–water partition coefficient (Wildman–Crippen LogP) is 0.616. The van der Waals surface area contributed by atoms with Crippen molar-refractivity contribution in [2.75, 3.05) is 0 Å². The van der Waals surface area contributed by atoms with Crippen LogP contribution in [0, 0.1) is 0 Å². The van der Waals surface area contributed by atoms with Crippen LogP contribution in [-0.4, -0.2) is 74.2 Å². The second kappa shape index (κ2) is 5.26. The minimum absolute atomic E-state index is 0.504. The molecule has 8 nitrogen and oxygen atoms in total. The Labute approximate surface area is 121 Å². The first-order valence-electron chi connectivity index (χ1n) is 6.25. The average molecular weight is 478 g/mol. The summed E-state index contributed by atoms with van der Waals surface area (Å²) >= 11 is -4.59. The van der Waals surface area contributed by atoms with E-state index in [1.807, 2.05) is 6.04 Å². The second-order valence-electron chi connectivity index (χ2n) is 6.51. The molecule has 0 amide bonds. The fraction of sp³-hybridized carbons (Fsp3) is 0.778. The van der Waals surface area contributed by atoms with E-state index in [1.54, 1.807) is 0 Å². The van der Waals surface area contributed by atoms with Crippen LogP contribution in [0.25, 0.3) is 0 Å². The van der Waals surface area contributed by atoms with Gasteiger partial charge >= 0.3 is 122 Å².